The predicted octanol–water partition coefficient (Wildman–Crippen LogP) is 4.17. The van der Waals surface area contributed by atoms with Gasteiger partial charge in [-0.25, -0.2) is 4.79 Å². The van der Waals surface area contributed by atoms with Crippen molar-refractivity contribution in [2.75, 3.05) is 6.61 Å². The number of allylic oxidation sites excluding steroid dienone is 1. The van der Waals surface area contributed by atoms with Crippen molar-refractivity contribution in [3.05, 3.63) is 41.0 Å². The average molecular weight is 246 g/mol. The summed E-state index contributed by atoms with van der Waals surface area (Å²) in [6, 6.07) is 8.35. The number of carbonyl (C=O) groups is 1. The third-order valence-electron chi connectivity index (χ3n) is 3.15. The fraction of sp³-hybridized carbons (Fsp3) is 0.438. The number of esters is 1. The Bertz CT molecular complexity index is 439. The second-order valence-electron chi connectivity index (χ2n) is 4.75. The molecule has 0 heterocycles. The van der Waals surface area contributed by atoms with Gasteiger partial charge in [-0.2, -0.15) is 0 Å². The summed E-state index contributed by atoms with van der Waals surface area (Å²) in [5, 5.41) is 0. The van der Waals surface area contributed by atoms with E-state index >= 15 is 0 Å². The minimum atomic E-state index is -0.233. The largest absolute Gasteiger partial charge is 0.463 e. The molecule has 1 rings (SSSR count). The Morgan fingerprint density at radius 2 is 1.72 bits per heavy atom. The van der Waals surface area contributed by atoms with Crippen molar-refractivity contribution < 1.29 is 9.53 Å². The van der Waals surface area contributed by atoms with Gasteiger partial charge in [0.2, 0.25) is 0 Å². The Balaban J connectivity index is 2.99. The molecule has 1 aromatic carbocycles. The summed E-state index contributed by atoms with van der Waals surface area (Å²) >= 11 is 0. The van der Waals surface area contributed by atoms with Gasteiger partial charge in [0.25, 0.3) is 0 Å². The molecule has 0 aromatic heterocycles. The van der Waals surface area contributed by atoms with Gasteiger partial charge in [-0.3, -0.25) is 0 Å². The Morgan fingerprint density at radius 1 is 1.17 bits per heavy atom. The van der Waals surface area contributed by atoms with E-state index in [0.29, 0.717) is 18.1 Å². The second-order valence-corrected chi connectivity index (χ2v) is 4.75. The van der Waals surface area contributed by atoms with Crippen LogP contribution >= 0.6 is 0 Å². The molecule has 0 saturated carbocycles. The first-order chi connectivity index (χ1) is 8.47. The third kappa shape index (κ3) is 3.46. The van der Waals surface area contributed by atoms with Gasteiger partial charge in [0, 0.05) is 5.57 Å². The Labute approximate surface area is 110 Å². The topological polar surface area (TPSA) is 26.3 Å². The van der Waals surface area contributed by atoms with Gasteiger partial charge in [0.1, 0.15) is 0 Å². The van der Waals surface area contributed by atoms with E-state index in [2.05, 4.69) is 38.1 Å². The maximum atomic E-state index is 11.7. The molecule has 0 amide bonds. The lowest BCUT2D eigenvalue weighted by Gasteiger charge is -2.10. The fourth-order valence-electron chi connectivity index (χ4n) is 1.73. The van der Waals surface area contributed by atoms with Crippen LogP contribution in [-0.4, -0.2) is 12.6 Å². The Hall–Kier alpha value is -1.57. The van der Waals surface area contributed by atoms with Crippen LogP contribution in [0.5, 0.6) is 0 Å². The molecule has 0 aliphatic heterocycles. The first-order valence-electron chi connectivity index (χ1n) is 6.42. The van der Waals surface area contributed by atoms with Crippen molar-refractivity contribution in [1.82, 2.24) is 0 Å². The maximum Gasteiger partial charge on any atom is 0.333 e. The summed E-state index contributed by atoms with van der Waals surface area (Å²) in [5.41, 5.74) is 4.03. The van der Waals surface area contributed by atoms with Crippen molar-refractivity contribution in [3.63, 3.8) is 0 Å². The first-order valence-corrected chi connectivity index (χ1v) is 6.42. The number of hydrogen-bond donors (Lipinski definition) is 0. The van der Waals surface area contributed by atoms with E-state index in [4.69, 9.17) is 4.74 Å². The number of ether oxygens (including phenoxy) is 1. The number of carbonyl (C=O) groups excluding carboxylic acids is 1. The monoisotopic (exact) mass is 246 g/mol. The third-order valence-corrected chi connectivity index (χ3v) is 3.15. The lowest BCUT2D eigenvalue weighted by molar-refractivity contribution is -0.138. The first kappa shape index (κ1) is 14.5. The molecule has 0 bridgehead atoms. The zero-order chi connectivity index (χ0) is 13.7. The summed E-state index contributed by atoms with van der Waals surface area (Å²) in [7, 11) is 0. The number of rotatable bonds is 4. The van der Waals surface area contributed by atoms with E-state index in [1.165, 1.54) is 5.56 Å². The van der Waals surface area contributed by atoms with Gasteiger partial charge >= 0.3 is 5.97 Å². The van der Waals surface area contributed by atoms with Crippen molar-refractivity contribution in [3.8, 4) is 0 Å². The summed E-state index contributed by atoms with van der Waals surface area (Å²) in [4.78, 5) is 11.7. The van der Waals surface area contributed by atoms with Crippen LogP contribution in [0.1, 0.15) is 51.7 Å². The van der Waals surface area contributed by atoms with Crippen LogP contribution in [0, 0.1) is 0 Å². The molecule has 0 fully saturated rings. The highest BCUT2D eigenvalue weighted by Crippen LogP contribution is 2.22. The average Bonchev–Trinajstić information content (AvgIpc) is 2.37. The Kier molecular flexibility index (Phi) is 5.14. The van der Waals surface area contributed by atoms with Crippen molar-refractivity contribution >= 4 is 11.5 Å². The van der Waals surface area contributed by atoms with E-state index in [1.807, 2.05) is 20.8 Å². The van der Waals surface area contributed by atoms with Gasteiger partial charge < -0.3 is 4.74 Å². The van der Waals surface area contributed by atoms with Crippen LogP contribution in [0.2, 0.25) is 0 Å². The van der Waals surface area contributed by atoms with Crippen LogP contribution in [-0.2, 0) is 9.53 Å². The molecule has 0 saturated heterocycles. The van der Waals surface area contributed by atoms with Gasteiger partial charge in [-0.1, -0.05) is 38.1 Å². The van der Waals surface area contributed by atoms with E-state index in [0.717, 1.165) is 11.1 Å². The minimum absolute atomic E-state index is 0.233. The summed E-state index contributed by atoms with van der Waals surface area (Å²) < 4.78 is 5.01. The molecule has 2 nitrogen and oxygen atoms in total. The van der Waals surface area contributed by atoms with E-state index < -0.39 is 0 Å². The standard InChI is InChI=1S/C16H22O2/c1-6-18-16(17)13(5)12(4)15-9-7-14(8-10-15)11(2)3/h7-11H,6H2,1-5H3/b13-12-. The van der Waals surface area contributed by atoms with Crippen molar-refractivity contribution in [1.29, 1.82) is 0 Å². The highest BCUT2D eigenvalue weighted by atomic mass is 16.5. The predicted molar refractivity (Wildman–Crippen MR) is 75.4 cm³/mol. The second kappa shape index (κ2) is 6.39. The van der Waals surface area contributed by atoms with Crippen LogP contribution in [0.15, 0.2) is 29.8 Å². The molecule has 0 radical (unpaired) electrons. The van der Waals surface area contributed by atoms with Crippen molar-refractivity contribution in [2.24, 2.45) is 0 Å². The molecule has 0 spiro atoms. The molecule has 0 atom stereocenters. The van der Waals surface area contributed by atoms with Gasteiger partial charge in [-0.05, 0) is 43.4 Å². The van der Waals surface area contributed by atoms with Crippen LogP contribution in [0.25, 0.3) is 5.57 Å². The SMILES string of the molecule is CCOC(=O)/C(C)=C(/C)c1ccc(C(C)C)cc1. The van der Waals surface area contributed by atoms with E-state index in [-0.39, 0.29) is 5.97 Å². The molecule has 0 aliphatic carbocycles. The molecule has 98 valence electrons. The highest BCUT2D eigenvalue weighted by molar-refractivity contribution is 5.96. The molecule has 0 unspecified atom stereocenters. The molecule has 0 aliphatic rings. The molecular weight excluding hydrogens is 224 g/mol. The highest BCUT2D eigenvalue weighted by Gasteiger charge is 2.10. The van der Waals surface area contributed by atoms with Crippen molar-refractivity contribution in [2.45, 2.75) is 40.5 Å². The zero-order valence-electron chi connectivity index (χ0n) is 11.9. The summed E-state index contributed by atoms with van der Waals surface area (Å²) in [5.74, 6) is 0.289. The molecule has 2 heteroatoms. The number of benzene rings is 1. The minimum Gasteiger partial charge on any atom is -0.463 e. The molecule has 0 N–H and O–H groups in total. The fourth-order valence-corrected chi connectivity index (χ4v) is 1.73. The quantitative estimate of drug-likeness (QED) is 0.589. The van der Waals surface area contributed by atoms with Crippen LogP contribution < -0.4 is 0 Å². The Morgan fingerprint density at radius 3 is 2.17 bits per heavy atom. The normalized spacial score (nSPS) is 12.3. The van der Waals surface area contributed by atoms with Crippen LogP contribution in [0.4, 0.5) is 0 Å². The van der Waals surface area contributed by atoms with Crippen LogP contribution in [0.3, 0.4) is 0 Å². The van der Waals surface area contributed by atoms with Gasteiger partial charge in [0.05, 0.1) is 6.61 Å². The number of hydrogen-bond acceptors (Lipinski definition) is 2. The molecule has 18 heavy (non-hydrogen) atoms. The van der Waals surface area contributed by atoms with E-state index in [9.17, 15) is 4.79 Å². The molecule has 1 aromatic rings. The zero-order valence-corrected chi connectivity index (χ0v) is 11.9. The summed E-state index contributed by atoms with van der Waals surface area (Å²) in [6.45, 7) is 10.3. The smallest absolute Gasteiger partial charge is 0.333 e. The lowest BCUT2D eigenvalue weighted by atomic mass is 9.97. The van der Waals surface area contributed by atoms with Gasteiger partial charge in [-0.15, -0.1) is 0 Å². The lowest BCUT2D eigenvalue weighted by Crippen LogP contribution is -2.06. The summed E-state index contributed by atoms with van der Waals surface area (Å²) in [6.07, 6.45) is 0. The van der Waals surface area contributed by atoms with Gasteiger partial charge in [0.15, 0.2) is 0 Å². The molecular formula is C16H22O2. The maximum absolute atomic E-state index is 11.7. The van der Waals surface area contributed by atoms with E-state index in [1.54, 1.807) is 0 Å².